The van der Waals surface area contributed by atoms with Crippen LogP contribution in [0, 0.1) is 0 Å². The van der Waals surface area contributed by atoms with Crippen LogP contribution < -0.4 is 0 Å². The van der Waals surface area contributed by atoms with Crippen molar-refractivity contribution < 1.29 is 4.79 Å². The zero-order chi connectivity index (χ0) is 12.1. The molecule has 0 saturated carbocycles. The Bertz CT molecular complexity index is 348. The highest BCUT2D eigenvalue weighted by molar-refractivity contribution is 5.81. The fourth-order valence-corrected chi connectivity index (χ4v) is 0.910. The monoisotopic (exact) mass is 214 g/mol. The molecule has 0 aromatic heterocycles. The lowest BCUT2D eigenvalue weighted by atomic mass is 10.2. The molecule has 0 aliphatic carbocycles. The first-order valence-corrected chi connectivity index (χ1v) is 5.29. The van der Waals surface area contributed by atoms with E-state index in [0.717, 1.165) is 0 Å². The van der Waals surface area contributed by atoms with Gasteiger partial charge in [0, 0.05) is 12.8 Å². The van der Waals surface area contributed by atoms with Gasteiger partial charge >= 0.3 is 0 Å². The Morgan fingerprint density at radius 3 is 2.62 bits per heavy atom. The second-order valence-corrected chi connectivity index (χ2v) is 3.06. The van der Waals surface area contributed by atoms with Crippen LogP contribution in [0.15, 0.2) is 67.0 Å². The van der Waals surface area contributed by atoms with Crippen molar-refractivity contribution in [2.75, 3.05) is 0 Å². The third-order valence-electron chi connectivity index (χ3n) is 1.67. The van der Waals surface area contributed by atoms with Gasteiger partial charge in [0.25, 0.3) is 0 Å². The molecule has 0 aromatic carbocycles. The average Bonchev–Trinajstić information content (AvgIpc) is 2.29. The van der Waals surface area contributed by atoms with E-state index in [1.807, 2.05) is 43.4 Å². The van der Waals surface area contributed by atoms with Gasteiger partial charge in [-0.05, 0) is 19.1 Å². The number of carbonyl (C=O) groups excluding carboxylic acids is 1. The lowest BCUT2D eigenvalue weighted by molar-refractivity contribution is -0.117. The molecule has 0 atom stereocenters. The molecule has 0 amide bonds. The molecule has 16 heavy (non-hydrogen) atoms. The van der Waals surface area contributed by atoms with Gasteiger partial charge < -0.3 is 0 Å². The van der Waals surface area contributed by atoms with Gasteiger partial charge in [0.15, 0.2) is 0 Å². The summed E-state index contributed by atoms with van der Waals surface area (Å²) in [6.45, 7) is 5.47. The maximum absolute atomic E-state index is 11.3. The van der Waals surface area contributed by atoms with Crippen LogP contribution in [-0.4, -0.2) is 5.78 Å². The number of Topliss-reactive ketones (excluding diaryl/α,β-unsaturated/α-hetero) is 1. The second-order valence-electron chi connectivity index (χ2n) is 3.06. The Labute approximate surface area is 97.9 Å². The molecule has 84 valence electrons. The summed E-state index contributed by atoms with van der Waals surface area (Å²) in [5.41, 5.74) is 2.85. The Kier molecular flexibility index (Phi) is 9.93. The number of rotatable bonds is 7. The summed E-state index contributed by atoms with van der Waals surface area (Å²) in [4.78, 5) is 11.3. The summed E-state index contributed by atoms with van der Waals surface area (Å²) in [6, 6.07) is 0. The van der Waals surface area contributed by atoms with Crippen LogP contribution in [0.25, 0.3) is 0 Å². The maximum Gasteiger partial charge on any atom is 0.141 e. The summed E-state index contributed by atoms with van der Waals surface area (Å²) in [5.74, 6) is 0.181. The minimum absolute atomic E-state index is 0.181. The largest absolute Gasteiger partial charge is 0.299 e. The van der Waals surface area contributed by atoms with Gasteiger partial charge in [-0.3, -0.25) is 4.79 Å². The van der Waals surface area contributed by atoms with E-state index in [2.05, 4.69) is 12.3 Å². The minimum Gasteiger partial charge on any atom is -0.299 e. The van der Waals surface area contributed by atoms with Crippen molar-refractivity contribution >= 4 is 5.78 Å². The van der Waals surface area contributed by atoms with Gasteiger partial charge in [-0.25, -0.2) is 0 Å². The van der Waals surface area contributed by atoms with Crippen molar-refractivity contribution in [3.05, 3.63) is 67.0 Å². The molecule has 0 spiro atoms. The van der Waals surface area contributed by atoms with Crippen LogP contribution in [0.3, 0.4) is 0 Å². The molecular weight excluding hydrogens is 196 g/mol. The molecule has 0 N–H and O–H groups in total. The highest BCUT2D eigenvalue weighted by atomic mass is 16.1. The topological polar surface area (TPSA) is 17.1 Å². The predicted molar refractivity (Wildman–Crippen MR) is 70.2 cm³/mol. The van der Waals surface area contributed by atoms with Crippen LogP contribution >= 0.6 is 0 Å². The fraction of sp³-hybridized carbons (Fsp3) is 0.200. The smallest absolute Gasteiger partial charge is 0.141 e. The number of carbonyl (C=O) groups is 1. The highest BCUT2D eigenvalue weighted by Crippen LogP contribution is 1.93. The van der Waals surface area contributed by atoms with Gasteiger partial charge in [0.1, 0.15) is 5.78 Å². The van der Waals surface area contributed by atoms with Crippen molar-refractivity contribution in [3.8, 4) is 0 Å². The highest BCUT2D eigenvalue weighted by Gasteiger charge is 1.93. The first-order valence-electron chi connectivity index (χ1n) is 5.29. The SMILES string of the molecule is C=CC=C=CCC(=O)C/C=C/C=C/C=C/C. The molecule has 0 radical (unpaired) electrons. The predicted octanol–water partition coefficient (Wildman–Crippen LogP) is 3.92. The van der Waals surface area contributed by atoms with E-state index >= 15 is 0 Å². The van der Waals surface area contributed by atoms with E-state index in [9.17, 15) is 4.79 Å². The standard InChI is InChI=1S/C15H18O/c1-3-5-7-9-10-12-14-15(16)13-11-8-6-4-2/h3-7,9-12H,2,13-14H2,1H3/b5-3+,9-7+,12-10+. The summed E-state index contributed by atoms with van der Waals surface area (Å²) in [7, 11) is 0. The zero-order valence-corrected chi connectivity index (χ0v) is 9.73. The van der Waals surface area contributed by atoms with Crippen LogP contribution in [0.2, 0.25) is 0 Å². The lowest BCUT2D eigenvalue weighted by Gasteiger charge is -1.87. The van der Waals surface area contributed by atoms with Crippen LogP contribution in [0.5, 0.6) is 0 Å². The van der Waals surface area contributed by atoms with Crippen molar-refractivity contribution in [2.24, 2.45) is 0 Å². The van der Waals surface area contributed by atoms with E-state index in [4.69, 9.17) is 0 Å². The van der Waals surface area contributed by atoms with Crippen LogP contribution in [0.4, 0.5) is 0 Å². The van der Waals surface area contributed by atoms with E-state index in [1.165, 1.54) is 0 Å². The molecule has 1 heteroatoms. The molecule has 0 rings (SSSR count). The molecule has 0 aromatic rings. The second kappa shape index (κ2) is 11.2. The van der Waals surface area contributed by atoms with Gasteiger partial charge in [-0.1, -0.05) is 49.1 Å². The normalized spacial score (nSPS) is 10.8. The quantitative estimate of drug-likeness (QED) is 0.463. The molecule has 0 unspecified atom stereocenters. The molecule has 0 bridgehead atoms. The van der Waals surface area contributed by atoms with Gasteiger partial charge in [-0.15, -0.1) is 5.73 Å². The summed E-state index contributed by atoms with van der Waals surface area (Å²) < 4.78 is 0. The molecule has 0 saturated heterocycles. The molecule has 0 fully saturated rings. The summed E-state index contributed by atoms with van der Waals surface area (Å²) in [5, 5.41) is 0. The zero-order valence-electron chi connectivity index (χ0n) is 9.73. The van der Waals surface area contributed by atoms with Gasteiger partial charge in [0.05, 0.1) is 0 Å². The first-order chi connectivity index (χ1) is 7.81. The Morgan fingerprint density at radius 1 is 1.19 bits per heavy atom. The summed E-state index contributed by atoms with van der Waals surface area (Å²) >= 11 is 0. The third kappa shape index (κ3) is 10.2. The number of allylic oxidation sites excluding steroid dienone is 8. The molecule has 1 nitrogen and oxygen atoms in total. The average molecular weight is 214 g/mol. The van der Waals surface area contributed by atoms with Crippen molar-refractivity contribution in [1.29, 1.82) is 0 Å². The first kappa shape index (κ1) is 14.2. The number of hydrogen-bond donors (Lipinski definition) is 0. The fourth-order valence-electron chi connectivity index (χ4n) is 0.910. The number of hydrogen-bond acceptors (Lipinski definition) is 1. The number of ketones is 1. The Hall–Kier alpha value is -1.85. The van der Waals surface area contributed by atoms with E-state index in [-0.39, 0.29) is 5.78 Å². The Balaban J connectivity index is 3.81. The van der Waals surface area contributed by atoms with E-state index < -0.39 is 0 Å². The summed E-state index contributed by atoms with van der Waals surface area (Å²) in [6.07, 6.45) is 17.4. The van der Waals surface area contributed by atoms with Crippen LogP contribution in [0.1, 0.15) is 19.8 Å². The van der Waals surface area contributed by atoms with Crippen molar-refractivity contribution in [3.63, 3.8) is 0 Å². The van der Waals surface area contributed by atoms with Crippen molar-refractivity contribution in [1.82, 2.24) is 0 Å². The van der Waals surface area contributed by atoms with E-state index in [0.29, 0.717) is 12.8 Å². The van der Waals surface area contributed by atoms with Gasteiger partial charge in [0.2, 0.25) is 0 Å². The molecule has 0 aliphatic heterocycles. The lowest BCUT2D eigenvalue weighted by Crippen LogP contribution is -1.91. The molecule has 0 aliphatic rings. The Morgan fingerprint density at radius 2 is 1.94 bits per heavy atom. The van der Waals surface area contributed by atoms with E-state index in [1.54, 1.807) is 18.2 Å². The minimum atomic E-state index is 0.181. The third-order valence-corrected chi connectivity index (χ3v) is 1.67. The van der Waals surface area contributed by atoms with Crippen molar-refractivity contribution in [2.45, 2.75) is 19.8 Å². The molecule has 0 heterocycles. The van der Waals surface area contributed by atoms with Crippen LogP contribution in [-0.2, 0) is 4.79 Å². The maximum atomic E-state index is 11.3. The molecular formula is C15H18O. The van der Waals surface area contributed by atoms with Gasteiger partial charge in [-0.2, -0.15) is 0 Å².